The number of amides is 1. The lowest BCUT2D eigenvalue weighted by Gasteiger charge is -2.22. The molecule has 0 spiro atoms. The topological polar surface area (TPSA) is 75.9 Å². The fraction of sp³-hybridized carbons (Fsp3) is 0.538. The molecule has 3 heterocycles. The van der Waals surface area contributed by atoms with Crippen molar-refractivity contribution in [2.75, 3.05) is 13.6 Å². The third kappa shape index (κ3) is 2.58. The molecule has 1 aliphatic rings. The van der Waals surface area contributed by atoms with Crippen LogP contribution < -0.4 is 5.32 Å². The van der Waals surface area contributed by atoms with Gasteiger partial charge in [-0.2, -0.15) is 5.10 Å². The van der Waals surface area contributed by atoms with Crippen molar-refractivity contribution in [3.63, 3.8) is 0 Å². The Hall–Kier alpha value is -1.73. The fourth-order valence-electron chi connectivity index (χ4n) is 2.76. The highest BCUT2D eigenvalue weighted by atomic mass is 35.5. The maximum absolute atomic E-state index is 11.9. The number of carbonyl (C=O) groups is 1. The summed E-state index contributed by atoms with van der Waals surface area (Å²) < 4.78 is 1.67. The molecule has 2 aromatic rings. The van der Waals surface area contributed by atoms with Crippen LogP contribution in [0.15, 0.2) is 6.20 Å². The van der Waals surface area contributed by atoms with E-state index in [2.05, 4.69) is 25.3 Å². The fourth-order valence-corrected chi connectivity index (χ4v) is 2.99. The first kappa shape index (κ1) is 14.2. The number of rotatable bonds is 3. The van der Waals surface area contributed by atoms with E-state index in [9.17, 15) is 4.79 Å². The first-order valence-electron chi connectivity index (χ1n) is 6.90. The highest BCUT2D eigenvalue weighted by Crippen LogP contribution is 2.23. The summed E-state index contributed by atoms with van der Waals surface area (Å²) in [6.07, 6.45) is 3.52. The third-order valence-corrected chi connectivity index (χ3v) is 4.14. The molecule has 0 bridgehead atoms. The van der Waals surface area contributed by atoms with E-state index >= 15 is 0 Å². The Morgan fingerprint density at radius 1 is 1.52 bits per heavy atom. The van der Waals surface area contributed by atoms with Crippen LogP contribution in [0.25, 0.3) is 11.0 Å². The molecule has 1 atom stereocenters. The summed E-state index contributed by atoms with van der Waals surface area (Å²) in [5, 5.41) is 7.99. The maximum atomic E-state index is 11.9. The van der Waals surface area contributed by atoms with Crippen LogP contribution in [0.1, 0.15) is 18.7 Å². The summed E-state index contributed by atoms with van der Waals surface area (Å²) in [5.41, 5.74) is 0.709. The van der Waals surface area contributed by atoms with Gasteiger partial charge in [0.2, 0.25) is 5.91 Å². The zero-order valence-corrected chi connectivity index (χ0v) is 12.8. The van der Waals surface area contributed by atoms with Gasteiger partial charge in [0.1, 0.15) is 11.0 Å². The highest BCUT2D eigenvalue weighted by Gasteiger charge is 2.30. The van der Waals surface area contributed by atoms with Crippen molar-refractivity contribution in [2.24, 2.45) is 7.05 Å². The Bertz CT molecular complexity index is 685. The minimum atomic E-state index is -0.111. The molecule has 21 heavy (non-hydrogen) atoms. The van der Waals surface area contributed by atoms with Crippen LogP contribution in [-0.2, 0) is 18.4 Å². The number of aryl methyl sites for hydroxylation is 1. The van der Waals surface area contributed by atoms with Gasteiger partial charge >= 0.3 is 0 Å². The number of hydrogen-bond donors (Lipinski definition) is 1. The van der Waals surface area contributed by atoms with Gasteiger partial charge in [-0.15, -0.1) is 0 Å². The summed E-state index contributed by atoms with van der Waals surface area (Å²) in [6, 6.07) is -0.111. The number of fused-ring (bicyclic) bond motifs is 1. The average molecular weight is 309 g/mol. The van der Waals surface area contributed by atoms with E-state index in [1.807, 2.05) is 7.05 Å². The van der Waals surface area contributed by atoms with Crippen molar-refractivity contribution in [1.29, 1.82) is 0 Å². The van der Waals surface area contributed by atoms with E-state index in [4.69, 9.17) is 11.6 Å². The second-order valence-corrected chi connectivity index (χ2v) is 5.54. The molecule has 7 nitrogen and oxygen atoms in total. The van der Waals surface area contributed by atoms with Crippen LogP contribution in [0, 0.1) is 0 Å². The zero-order valence-electron chi connectivity index (χ0n) is 12.0. The van der Waals surface area contributed by atoms with Gasteiger partial charge in [-0.05, 0) is 19.4 Å². The molecule has 0 radical (unpaired) electrons. The van der Waals surface area contributed by atoms with Crippen LogP contribution in [0.3, 0.4) is 0 Å². The second-order valence-electron chi connectivity index (χ2n) is 5.18. The van der Waals surface area contributed by atoms with E-state index in [1.54, 1.807) is 17.9 Å². The number of nitrogens with zero attached hydrogens (tertiary/aromatic N) is 5. The Labute approximate surface area is 127 Å². The summed E-state index contributed by atoms with van der Waals surface area (Å²) in [4.78, 5) is 22.8. The lowest BCUT2D eigenvalue weighted by Crippen LogP contribution is -2.41. The number of likely N-dealkylation sites (N-methyl/N-ethyl adjacent to an activating group) is 1. The monoisotopic (exact) mass is 308 g/mol. The molecule has 0 aromatic carbocycles. The van der Waals surface area contributed by atoms with E-state index < -0.39 is 0 Å². The quantitative estimate of drug-likeness (QED) is 0.846. The van der Waals surface area contributed by atoms with Crippen molar-refractivity contribution in [2.45, 2.75) is 25.4 Å². The number of aromatic nitrogens is 4. The molecule has 112 valence electrons. The first-order valence-corrected chi connectivity index (χ1v) is 7.27. The van der Waals surface area contributed by atoms with Gasteiger partial charge in [0.25, 0.3) is 0 Å². The van der Waals surface area contributed by atoms with Crippen LogP contribution >= 0.6 is 11.6 Å². The molecule has 1 saturated heterocycles. The van der Waals surface area contributed by atoms with E-state index in [-0.39, 0.29) is 11.9 Å². The summed E-state index contributed by atoms with van der Waals surface area (Å²) in [6.45, 7) is 1.38. The number of carbonyl (C=O) groups excluding carboxylic acids is 1. The minimum Gasteiger partial charge on any atom is -0.358 e. The van der Waals surface area contributed by atoms with Gasteiger partial charge in [-0.1, -0.05) is 11.6 Å². The van der Waals surface area contributed by atoms with E-state index in [0.717, 1.165) is 24.8 Å². The molecule has 0 aliphatic carbocycles. The Balaban J connectivity index is 1.87. The van der Waals surface area contributed by atoms with Crippen molar-refractivity contribution in [3.8, 4) is 0 Å². The normalized spacial score (nSPS) is 19.3. The lowest BCUT2D eigenvalue weighted by molar-refractivity contribution is -0.125. The van der Waals surface area contributed by atoms with Gasteiger partial charge in [-0.25, -0.2) is 9.97 Å². The van der Waals surface area contributed by atoms with Crippen LogP contribution in [-0.4, -0.2) is 50.2 Å². The predicted octanol–water partition coefficient (Wildman–Crippen LogP) is 0.727. The molecular weight excluding hydrogens is 292 g/mol. The van der Waals surface area contributed by atoms with Gasteiger partial charge in [0, 0.05) is 14.1 Å². The van der Waals surface area contributed by atoms with Crippen molar-refractivity contribution < 1.29 is 4.79 Å². The Morgan fingerprint density at radius 3 is 3.10 bits per heavy atom. The number of likely N-dealkylation sites (tertiary alicyclic amines) is 1. The number of halogens is 1. The van der Waals surface area contributed by atoms with Crippen molar-refractivity contribution in [3.05, 3.63) is 17.2 Å². The van der Waals surface area contributed by atoms with Gasteiger partial charge in [0.05, 0.1) is 24.2 Å². The zero-order chi connectivity index (χ0) is 15.0. The molecule has 1 unspecified atom stereocenters. The largest absolute Gasteiger partial charge is 0.358 e. The smallest absolute Gasteiger partial charge is 0.237 e. The number of hydrogen-bond acceptors (Lipinski definition) is 5. The molecule has 0 saturated carbocycles. The molecule has 1 amide bonds. The summed E-state index contributed by atoms with van der Waals surface area (Å²) >= 11 is 6.18. The van der Waals surface area contributed by atoms with Gasteiger partial charge < -0.3 is 5.32 Å². The highest BCUT2D eigenvalue weighted by molar-refractivity contribution is 6.33. The molecular formula is C13H17ClN6O. The Kier molecular flexibility index (Phi) is 3.77. The molecule has 1 N–H and O–H groups in total. The Morgan fingerprint density at radius 2 is 2.33 bits per heavy atom. The van der Waals surface area contributed by atoms with Crippen LogP contribution in [0.4, 0.5) is 0 Å². The molecule has 3 rings (SSSR count). The molecule has 1 aliphatic heterocycles. The van der Waals surface area contributed by atoms with E-state index in [0.29, 0.717) is 23.2 Å². The minimum absolute atomic E-state index is 0.0419. The maximum Gasteiger partial charge on any atom is 0.237 e. The summed E-state index contributed by atoms with van der Waals surface area (Å²) in [5.74, 6) is 0.659. The lowest BCUT2D eigenvalue weighted by atomic mass is 10.2. The van der Waals surface area contributed by atoms with Crippen molar-refractivity contribution >= 4 is 28.5 Å². The second kappa shape index (κ2) is 5.57. The van der Waals surface area contributed by atoms with Gasteiger partial charge in [0.15, 0.2) is 5.65 Å². The predicted molar refractivity (Wildman–Crippen MR) is 78.8 cm³/mol. The molecule has 2 aromatic heterocycles. The molecule has 8 heteroatoms. The average Bonchev–Trinajstić information content (AvgIpc) is 3.06. The molecule has 1 fully saturated rings. The third-order valence-electron chi connectivity index (χ3n) is 3.85. The van der Waals surface area contributed by atoms with E-state index in [1.165, 1.54) is 0 Å². The number of nitrogens with one attached hydrogen (secondary N) is 1. The van der Waals surface area contributed by atoms with Crippen LogP contribution in [0.2, 0.25) is 5.15 Å². The van der Waals surface area contributed by atoms with Gasteiger partial charge in [-0.3, -0.25) is 14.4 Å². The van der Waals surface area contributed by atoms with Crippen molar-refractivity contribution in [1.82, 2.24) is 30.0 Å². The SMILES string of the molecule is CNC(=O)C1CCCN1Cc1nc(Cl)c2cnn(C)c2n1. The van der Waals surface area contributed by atoms with Crippen LogP contribution in [0.5, 0.6) is 0 Å². The summed E-state index contributed by atoms with van der Waals surface area (Å²) in [7, 11) is 3.48. The standard InChI is InChI=1S/C13H17ClN6O/c1-15-13(21)9-4-3-5-20(9)7-10-17-11(14)8-6-16-19(2)12(8)18-10/h6,9H,3-5,7H2,1-2H3,(H,15,21). The first-order chi connectivity index (χ1) is 10.1.